The molecule has 1 heterocycles. The topological polar surface area (TPSA) is 28.7 Å². The van der Waals surface area contributed by atoms with Crippen LogP contribution in [-0.4, -0.2) is 9.97 Å². The fraction of sp³-hybridized carbons (Fsp3) is 0.222. The molecule has 0 atom stereocenters. The molecule has 0 radical (unpaired) electrons. The molecule has 0 saturated carbocycles. The number of rotatable bonds is 1. The largest absolute Gasteiger partial charge is 0.342 e. The first-order valence-electron chi connectivity index (χ1n) is 4.04. The Hall–Kier alpha value is -1.09. The molecular weight excluding hydrogens is 191 g/mol. The molecule has 0 unspecified atom stereocenters. The molecule has 0 amide bonds. The summed E-state index contributed by atoms with van der Waals surface area (Å²) in [6.45, 7) is 1.97. The average molecular weight is 199 g/mol. The van der Waals surface area contributed by atoms with Gasteiger partial charge in [-0.05, 0) is 12.1 Å². The first-order chi connectivity index (χ1) is 6.20. The Bertz CT molecular complexity index is 450. The third-order valence-electron chi connectivity index (χ3n) is 1.89. The number of fused-ring (bicyclic) bond motifs is 1. The van der Waals surface area contributed by atoms with Crippen molar-refractivity contribution in [3.63, 3.8) is 0 Å². The molecule has 0 bridgehead atoms. The number of H-pyrrole nitrogens is 1. The average Bonchev–Trinajstić information content (AvgIpc) is 2.47. The van der Waals surface area contributed by atoms with Crippen molar-refractivity contribution in [3.8, 4) is 0 Å². The molecule has 13 heavy (non-hydrogen) atoms. The van der Waals surface area contributed by atoms with E-state index < -0.39 is 0 Å². The number of hydrogen-bond donors (Lipinski definition) is 1. The molecular formula is C9H8ClFN2. The monoisotopic (exact) mass is 198 g/mol. The van der Waals surface area contributed by atoms with Gasteiger partial charge in [0.05, 0.1) is 10.5 Å². The fourth-order valence-corrected chi connectivity index (χ4v) is 1.51. The normalized spacial score (nSPS) is 11.0. The van der Waals surface area contributed by atoms with Gasteiger partial charge in [0.15, 0.2) is 0 Å². The van der Waals surface area contributed by atoms with Gasteiger partial charge in [0.1, 0.15) is 17.2 Å². The lowest BCUT2D eigenvalue weighted by atomic mass is 10.3. The highest BCUT2D eigenvalue weighted by Gasteiger charge is 2.06. The van der Waals surface area contributed by atoms with E-state index in [-0.39, 0.29) is 5.82 Å². The van der Waals surface area contributed by atoms with Crippen LogP contribution < -0.4 is 0 Å². The quantitative estimate of drug-likeness (QED) is 0.750. The number of aromatic amines is 1. The molecule has 4 heteroatoms. The van der Waals surface area contributed by atoms with Crippen molar-refractivity contribution in [3.05, 3.63) is 28.8 Å². The summed E-state index contributed by atoms with van der Waals surface area (Å²) in [4.78, 5) is 7.21. The second-order valence-corrected chi connectivity index (χ2v) is 3.23. The molecule has 0 spiro atoms. The second-order valence-electron chi connectivity index (χ2n) is 2.82. The van der Waals surface area contributed by atoms with Gasteiger partial charge in [-0.25, -0.2) is 9.37 Å². The molecule has 1 aromatic carbocycles. The van der Waals surface area contributed by atoms with Crippen LogP contribution in [0.3, 0.4) is 0 Å². The van der Waals surface area contributed by atoms with Gasteiger partial charge < -0.3 is 4.98 Å². The highest BCUT2D eigenvalue weighted by molar-refractivity contribution is 6.34. The Morgan fingerprint density at radius 1 is 1.54 bits per heavy atom. The highest BCUT2D eigenvalue weighted by atomic mass is 35.5. The van der Waals surface area contributed by atoms with Crippen LogP contribution in [0.1, 0.15) is 12.7 Å². The zero-order valence-corrected chi connectivity index (χ0v) is 7.82. The summed E-state index contributed by atoms with van der Waals surface area (Å²) in [6, 6.07) is 2.66. The molecule has 1 aromatic heterocycles. The molecule has 2 rings (SSSR count). The minimum Gasteiger partial charge on any atom is -0.342 e. The summed E-state index contributed by atoms with van der Waals surface area (Å²) in [5.41, 5.74) is 1.29. The predicted molar refractivity (Wildman–Crippen MR) is 50.4 cm³/mol. The number of nitrogens with one attached hydrogen (secondary N) is 1. The maximum Gasteiger partial charge on any atom is 0.126 e. The van der Waals surface area contributed by atoms with Gasteiger partial charge in [0.2, 0.25) is 0 Å². The Labute approximate surface area is 79.7 Å². The number of benzene rings is 1. The highest BCUT2D eigenvalue weighted by Crippen LogP contribution is 2.22. The first-order valence-corrected chi connectivity index (χ1v) is 4.42. The maximum absolute atomic E-state index is 12.9. The fourth-order valence-electron chi connectivity index (χ4n) is 1.26. The molecule has 68 valence electrons. The summed E-state index contributed by atoms with van der Waals surface area (Å²) in [5, 5.41) is 0.353. The van der Waals surface area contributed by atoms with Gasteiger partial charge in [-0.1, -0.05) is 18.5 Å². The second kappa shape index (κ2) is 3.00. The molecule has 0 aliphatic rings. The Balaban J connectivity index is 2.75. The first kappa shape index (κ1) is 8.51. The molecule has 0 fully saturated rings. The van der Waals surface area contributed by atoms with Crippen LogP contribution in [0.25, 0.3) is 11.0 Å². The number of nitrogens with zero attached hydrogens (tertiary/aromatic N) is 1. The smallest absolute Gasteiger partial charge is 0.126 e. The van der Waals surface area contributed by atoms with Crippen LogP contribution in [0.2, 0.25) is 5.02 Å². The van der Waals surface area contributed by atoms with Crippen LogP contribution in [-0.2, 0) is 6.42 Å². The lowest BCUT2D eigenvalue weighted by molar-refractivity contribution is 0.629. The summed E-state index contributed by atoms with van der Waals surface area (Å²) in [6.07, 6.45) is 0.784. The van der Waals surface area contributed by atoms with Crippen LogP contribution in [0.15, 0.2) is 12.1 Å². The number of halogens is 2. The van der Waals surface area contributed by atoms with E-state index in [1.54, 1.807) is 0 Å². The van der Waals surface area contributed by atoms with Crippen molar-refractivity contribution >= 4 is 22.6 Å². The minimum absolute atomic E-state index is 0.344. The zero-order valence-electron chi connectivity index (χ0n) is 7.06. The van der Waals surface area contributed by atoms with Crippen molar-refractivity contribution in [1.82, 2.24) is 9.97 Å². The lowest BCUT2D eigenvalue weighted by Crippen LogP contribution is -1.79. The van der Waals surface area contributed by atoms with Gasteiger partial charge >= 0.3 is 0 Å². The third-order valence-corrected chi connectivity index (χ3v) is 2.18. The lowest BCUT2D eigenvalue weighted by Gasteiger charge is -1.91. The summed E-state index contributed by atoms with van der Waals surface area (Å²) in [5.74, 6) is 0.478. The van der Waals surface area contributed by atoms with E-state index in [9.17, 15) is 4.39 Å². The number of imidazole rings is 1. The van der Waals surface area contributed by atoms with E-state index in [0.717, 1.165) is 12.2 Å². The van der Waals surface area contributed by atoms with E-state index in [0.29, 0.717) is 16.1 Å². The van der Waals surface area contributed by atoms with Crippen molar-refractivity contribution in [1.29, 1.82) is 0 Å². The standard InChI is InChI=1S/C9H8ClFN2/c1-2-8-12-7-4-5(11)3-6(10)9(7)13-8/h3-4H,2H2,1H3,(H,12,13). The van der Waals surface area contributed by atoms with E-state index in [1.807, 2.05) is 6.92 Å². The van der Waals surface area contributed by atoms with Crippen molar-refractivity contribution < 1.29 is 4.39 Å². The molecule has 2 aromatic rings. The van der Waals surface area contributed by atoms with Gasteiger partial charge in [0, 0.05) is 6.42 Å². The van der Waals surface area contributed by atoms with Gasteiger partial charge in [-0.15, -0.1) is 0 Å². The van der Waals surface area contributed by atoms with E-state index in [1.165, 1.54) is 12.1 Å². The molecule has 0 aliphatic carbocycles. The van der Waals surface area contributed by atoms with E-state index in [2.05, 4.69) is 9.97 Å². The van der Waals surface area contributed by atoms with E-state index >= 15 is 0 Å². The third kappa shape index (κ3) is 1.40. The number of aryl methyl sites for hydroxylation is 1. The predicted octanol–water partition coefficient (Wildman–Crippen LogP) is 2.92. The maximum atomic E-state index is 12.9. The van der Waals surface area contributed by atoms with Crippen molar-refractivity contribution in [2.24, 2.45) is 0 Å². The van der Waals surface area contributed by atoms with E-state index in [4.69, 9.17) is 11.6 Å². The summed E-state index contributed by atoms with van der Waals surface area (Å²) >= 11 is 5.81. The summed E-state index contributed by atoms with van der Waals surface area (Å²) < 4.78 is 12.9. The molecule has 0 aliphatic heterocycles. The Kier molecular flexibility index (Phi) is 1.96. The van der Waals surface area contributed by atoms with Crippen molar-refractivity contribution in [2.75, 3.05) is 0 Å². The zero-order chi connectivity index (χ0) is 9.42. The Morgan fingerprint density at radius 3 is 3.00 bits per heavy atom. The van der Waals surface area contributed by atoms with Gasteiger partial charge in [0.25, 0.3) is 0 Å². The van der Waals surface area contributed by atoms with Crippen LogP contribution in [0.5, 0.6) is 0 Å². The van der Waals surface area contributed by atoms with Crippen LogP contribution in [0, 0.1) is 5.82 Å². The van der Waals surface area contributed by atoms with Crippen LogP contribution in [0.4, 0.5) is 4.39 Å². The Morgan fingerprint density at radius 2 is 2.31 bits per heavy atom. The van der Waals surface area contributed by atoms with Gasteiger partial charge in [-0.2, -0.15) is 0 Å². The minimum atomic E-state index is -0.344. The number of aromatic nitrogens is 2. The van der Waals surface area contributed by atoms with Crippen LogP contribution >= 0.6 is 11.6 Å². The van der Waals surface area contributed by atoms with Gasteiger partial charge in [-0.3, -0.25) is 0 Å². The SMILES string of the molecule is CCc1nc2c(Cl)cc(F)cc2[nH]1. The molecule has 2 nitrogen and oxygen atoms in total. The number of hydrogen-bond acceptors (Lipinski definition) is 1. The summed E-state index contributed by atoms with van der Waals surface area (Å²) in [7, 11) is 0. The molecule has 0 saturated heterocycles. The van der Waals surface area contributed by atoms with Crippen molar-refractivity contribution in [2.45, 2.75) is 13.3 Å². The molecule has 1 N–H and O–H groups in total.